The molecule has 7 heteroatoms. The quantitative estimate of drug-likeness (QED) is 0.701. The number of carbonyl (C=O) groups excluding carboxylic acids is 2. The zero-order valence-electron chi connectivity index (χ0n) is 19.2. The molecule has 1 saturated carbocycles. The van der Waals surface area contributed by atoms with Gasteiger partial charge >= 0.3 is 7.12 Å². The molecular weight excluding hydrogens is 355 g/mol. The fraction of sp³-hybridized carbons (Fsp3) is 0.905. The van der Waals surface area contributed by atoms with Crippen LogP contribution in [0.2, 0.25) is 6.32 Å². The summed E-state index contributed by atoms with van der Waals surface area (Å²) >= 11 is 0. The van der Waals surface area contributed by atoms with Gasteiger partial charge in [-0.25, -0.2) is 0 Å². The van der Waals surface area contributed by atoms with Crippen LogP contribution in [-0.2, 0) is 18.9 Å². The van der Waals surface area contributed by atoms with Crippen LogP contribution in [0.5, 0.6) is 0 Å². The summed E-state index contributed by atoms with van der Waals surface area (Å²) in [5.41, 5.74) is -1.91. The van der Waals surface area contributed by atoms with Crippen LogP contribution < -0.4 is 10.6 Å². The van der Waals surface area contributed by atoms with E-state index in [2.05, 4.69) is 45.3 Å². The molecule has 2 unspecified atom stereocenters. The van der Waals surface area contributed by atoms with Gasteiger partial charge in [0.1, 0.15) is 5.54 Å². The van der Waals surface area contributed by atoms with Crippen molar-refractivity contribution in [1.29, 1.82) is 0 Å². The van der Waals surface area contributed by atoms with Crippen molar-refractivity contribution >= 4 is 18.9 Å². The van der Waals surface area contributed by atoms with Gasteiger partial charge in [0.15, 0.2) is 0 Å². The lowest BCUT2D eigenvalue weighted by Crippen LogP contribution is -2.60. The summed E-state index contributed by atoms with van der Waals surface area (Å²) in [6.45, 7) is 17.8. The minimum absolute atomic E-state index is 0.0543. The van der Waals surface area contributed by atoms with Gasteiger partial charge in [-0.1, -0.05) is 6.92 Å². The van der Waals surface area contributed by atoms with Gasteiger partial charge in [0.2, 0.25) is 11.8 Å². The van der Waals surface area contributed by atoms with E-state index in [1.807, 2.05) is 20.8 Å². The van der Waals surface area contributed by atoms with Crippen molar-refractivity contribution in [3.05, 3.63) is 0 Å². The summed E-state index contributed by atoms with van der Waals surface area (Å²) in [6.07, 6.45) is 3.81. The van der Waals surface area contributed by atoms with Crippen LogP contribution in [0.4, 0.5) is 0 Å². The first-order chi connectivity index (χ1) is 12.5. The third-order valence-corrected chi connectivity index (χ3v) is 6.51. The monoisotopic (exact) mass is 394 g/mol. The Morgan fingerprint density at radius 2 is 1.54 bits per heavy atom. The minimum atomic E-state index is -0.843. The summed E-state index contributed by atoms with van der Waals surface area (Å²) in [5, 5.41) is 6.03. The van der Waals surface area contributed by atoms with Crippen LogP contribution in [0.15, 0.2) is 0 Å². The third-order valence-electron chi connectivity index (χ3n) is 6.51. The van der Waals surface area contributed by atoms with E-state index < -0.39 is 5.54 Å². The molecule has 1 saturated heterocycles. The van der Waals surface area contributed by atoms with Crippen molar-refractivity contribution in [2.45, 2.75) is 117 Å². The van der Waals surface area contributed by atoms with Gasteiger partial charge in [-0.3, -0.25) is 9.59 Å². The number of hydrogen-bond acceptors (Lipinski definition) is 4. The van der Waals surface area contributed by atoms with E-state index >= 15 is 0 Å². The summed E-state index contributed by atoms with van der Waals surface area (Å²) in [6, 6.07) is 0. The molecular formula is C21H39BN2O4. The van der Waals surface area contributed by atoms with Crippen molar-refractivity contribution < 1.29 is 18.9 Å². The van der Waals surface area contributed by atoms with Gasteiger partial charge in [-0.15, -0.1) is 0 Å². The van der Waals surface area contributed by atoms with E-state index in [1.165, 1.54) is 6.92 Å². The molecule has 28 heavy (non-hydrogen) atoms. The maximum Gasteiger partial charge on any atom is 0.457 e. The maximum atomic E-state index is 13.1. The third kappa shape index (κ3) is 5.09. The largest absolute Gasteiger partial charge is 0.457 e. The number of amides is 2. The second kappa shape index (κ2) is 7.31. The normalized spacial score (nSPS) is 31.7. The molecule has 0 bridgehead atoms. The fourth-order valence-electron chi connectivity index (χ4n) is 4.34. The predicted octanol–water partition coefficient (Wildman–Crippen LogP) is 3.45. The topological polar surface area (TPSA) is 76.7 Å². The maximum absolute atomic E-state index is 13.1. The van der Waals surface area contributed by atoms with E-state index in [0.29, 0.717) is 12.8 Å². The smallest absolute Gasteiger partial charge is 0.403 e. The highest BCUT2D eigenvalue weighted by atomic mass is 16.7. The Balaban J connectivity index is 2.07. The van der Waals surface area contributed by atoms with E-state index in [9.17, 15) is 9.59 Å². The van der Waals surface area contributed by atoms with Gasteiger partial charge < -0.3 is 19.9 Å². The molecule has 2 atom stereocenters. The first-order valence-electron chi connectivity index (χ1n) is 10.5. The number of nitrogens with one attached hydrogen (secondary N) is 2. The molecule has 2 amide bonds. The average Bonchev–Trinajstić information content (AvgIpc) is 2.90. The van der Waals surface area contributed by atoms with Crippen molar-refractivity contribution in [2.24, 2.45) is 5.41 Å². The van der Waals surface area contributed by atoms with Crippen LogP contribution in [0.1, 0.15) is 88.0 Å². The van der Waals surface area contributed by atoms with Crippen molar-refractivity contribution in [3.8, 4) is 0 Å². The first kappa shape index (κ1) is 23.2. The van der Waals surface area contributed by atoms with Crippen LogP contribution in [0, 0.1) is 5.41 Å². The lowest BCUT2D eigenvalue weighted by Gasteiger charge is -2.34. The number of hydrogen-bond donors (Lipinski definition) is 2. The summed E-state index contributed by atoms with van der Waals surface area (Å²) in [5.74, 6) is -0.256. The summed E-state index contributed by atoms with van der Waals surface area (Å²) < 4.78 is 12.3. The standard InChI is InChI=1S/C21H39BN2O4/c1-15(25)23-21(16(26)24-17(2,3)4)11-10-20(9,14-21)12-13-22-27-18(5,6)19(7,8)28-22/h10-14H2,1-9H3,(H,23,25)(H,24,26). The molecule has 6 nitrogen and oxygen atoms in total. The van der Waals surface area contributed by atoms with E-state index in [4.69, 9.17) is 9.31 Å². The molecule has 0 aromatic rings. The highest BCUT2D eigenvalue weighted by Crippen LogP contribution is 2.48. The Morgan fingerprint density at radius 3 is 2.00 bits per heavy atom. The zero-order chi connectivity index (χ0) is 21.6. The Labute approximate surface area is 171 Å². The van der Waals surface area contributed by atoms with Gasteiger partial charge in [-0.05, 0) is 85.9 Å². The zero-order valence-corrected chi connectivity index (χ0v) is 19.2. The van der Waals surface area contributed by atoms with Gasteiger partial charge in [0.25, 0.3) is 0 Å². The van der Waals surface area contributed by atoms with Crippen molar-refractivity contribution in [3.63, 3.8) is 0 Å². The second-order valence-electron chi connectivity index (χ2n) is 11.2. The Bertz CT molecular complexity index is 612. The molecule has 0 spiro atoms. The number of rotatable bonds is 5. The van der Waals surface area contributed by atoms with Gasteiger partial charge in [0, 0.05) is 12.5 Å². The van der Waals surface area contributed by atoms with Crippen LogP contribution in [0.3, 0.4) is 0 Å². The van der Waals surface area contributed by atoms with Crippen LogP contribution in [0.25, 0.3) is 0 Å². The highest BCUT2D eigenvalue weighted by molar-refractivity contribution is 6.45. The van der Waals surface area contributed by atoms with Crippen molar-refractivity contribution in [2.75, 3.05) is 0 Å². The van der Waals surface area contributed by atoms with Crippen molar-refractivity contribution in [1.82, 2.24) is 10.6 Å². The molecule has 0 aromatic heterocycles. The molecule has 1 heterocycles. The van der Waals surface area contributed by atoms with E-state index in [-0.39, 0.29) is 41.1 Å². The SMILES string of the molecule is CC(=O)NC1(C(=O)NC(C)(C)C)CCC(C)(CCB2OC(C)(C)C(C)(C)O2)C1. The van der Waals surface area contributed by atoms with Crippen LogP contribution >= 0.6 is 0 Å². The Morgan fingerprint density at radius 1 is 1.00 bits per heavy atom. The van der Waals surface area contributed by atoms with Gasteiger partial charge in [0.05, 0.1) is 11.2 Å². The summed E-state index contributed by atoms with van der Waals surface area (Å²) in [7, 11) is -0.235. The van der Waals surface area contributed by atoms with Crippen LogP contribution in [-0.4, -0.2) is 41.2 Å². The number of carbonyl (C=O) groups is 2. The molecule has 1 aliphatic carbocycles. The van der Waals surface area contributed by atoms with Gasteiger partial charge in [-0.2, -0.15) is 0 Å². The lowest BCUT2D eigenvalue weighted by molar-refractivity contribution is -0.134. The summed E-state index contributed by atoms with van der Waals surface area (Å²) in [4.78, 5) is 24.9. The minimum Gasteiger partial charge on any atom is -0.403 e. The molecule has 2 fully saturated rings. The molecule has 2 aliphatic rings. The average molecular weight is 394 g/mol. The molecule has 2 rings (SSSR count). The van der Waals surface area contributed by atoms with E-state index in [0.717, 1.165) is 19.2 Å². The molecule has 2 N–H and O–H groups in total. The fourth-order valence-corrected chi connectivity index (χ4v) is 4.34. The Hall–Kier alpha value is -1.08. The molecule has 160 valence electrons. The second-order valence-corrected chi connectivity index (χ2v) is 11.2. The Kier molecular flexibility index (Phi) is 6.06. The first-order valence-corrected chi connectivity index (χ1v) is 10.5. The molecule has 0 radical (unpaired) electrons. The van der Waals surface area contributed by atoms with E-state index in [1.54, 1.807) is 0 Å². The lowest BCUT2D eigenvalue weighted by atomic mass is 9.72. The molecule has 1 aliphatic heterocycles. The highest BCUT2D eigenvalue weighted by Gasteiger charge is 2.54. The molecule has 0 aromatic carbocycles. The predicted molar refractivity (Wildman–Crippen MR) is 112 cm³/mol.